The highest BCUT2D eigenvalue weighted by molar-refractivity contribution is 7.19. The van der Waals surface area contributed by atoms with Crippen LogP contribution in [0.3, 0.4) is 0 Å². The van der Waals surface area contributed by atoms with Gasteiger partial charge in [0.25, 0.3) is 11.5 Å². The number of nitrogens with zero attached hydrogens (tertiary/aromatic N) is 4. The first-order valence-corrected chi connectivity index (χ1v) is 14.3. The molecule has 3 aromatic heterocycles. The van der Waals surface area contributed by atoms with Crippen LogP contribution in [0.15, 0.2) is 17.2 Å². The summed E-state index contributed by atoms with van der Waals surface area (Å²) >= 11 is 1.56. The smallest absolute Gasteiger partial charge is 0.276 e. The van der Waals surface area contributed by atoms with Gasteiger partial charge in [0.05, 0.1) is 5.39 Å². The number of hydrogen-bond donors (Lipinski definition) is 2. The maximum Gasteiger partial charge on any atom is 0.276 e. The topological polar surface area (TPSA) is 109 Å². The Kier molecular flexibility index (Phi) is 5.39. The maximum absolute atomic E-state index is 14.0. The minimum atomic E-state index is -2.81. The van der Waals surface area contributed by atoms with Crippen LogP contribution in [0.25, 0.3) is 10.2 Å². The number of amides is 2. The van der Waals surface area contributed by atoms with E-state index in [1.54, 1.807) is 24.3 Å². The number of fused-ring (bicyclic) bond motifs is 5. The van der Waals surface area contributed by atoms with E-state index in [0.29, 0.717) is 17.8 Å². The lowest BCUT2D eigenvalue weighted by atomic mass is 9.86. The normalized spacial score (nSPS) is 22.8. The first-order valence-electron chi connectivity index (χ1n) is 13.4. The van der Waals surface area contributed by atoms with Gasteiger partial charge in [-0.05, 0) is 62.6 Å². The number of alkyl halides is 2. The van der Waals surface area contributed by atoms with Crippen LogP contribution < -0.4 is 16.2 Å². The highest BCUT2D eigenvalue weighted by Gasteiger charge is 2.51. The minimum absolute atomic E-state index is 0.0192. The third-order valence-electron chi connectivity index (χ3n) is 8.80. The monoisotopic (exact) mass is 554 g/mol. The molecule has 12 heteroatoms. The number of likely N-dealkylation sites (tertiary alicyclic amines) is 1. The molecule has 2 amide bonds. The lowest BCUT2D eigenvalue weighted by Gasteiger charge is -2.38. The molecule has 2 aliphatic carbocycles. The Morgan fingerprint density at radius 1 is 1.18 bits per heavy atom. The van der Waals surface area contributed by atoms with Gasteiger partial charge in [-0.3, -0.25) is 19.0 Å². The van der Waals surface area contributed by atoms with Gasteiger partial charge >= 0.3 is 0 Å². The molecule has 7 rings (SSSR count). The molecule has 1 saturated carbocycles. The summed E-state index contributed by atoms with van der Waals surface area (Å²) in [5.41, 5.74) is 0.518. The van der Waals surface area contributed by atoms with E-state index in [9.17, 15) is 23.2 Å². The number of rotatable bonds is 3. The van der Waals surface area contributed by atoms with Crippen molar-refractivity contribution >= 4 is 44.9 Å². The van der Waals surface area contributed by atoms with E-state index >= 15 is 0 Å². The SMILES string of the molecule is Cc1cc(Nc2ncnc3sc4c(c23)CC[C@H](C(=O)N2CCC2)C4)c(=O)n2c1C(=O)NC21CCC(F)(F)CC1. The standard InChI is InChI=1S/C27H28F2N6O3S/c1-14-11-17(25(38)35-20(14)22(36)33-27(35)7-5-26(28,29)6-8-27)32-21-19-16-4-3-15(24(37)34-9-2-10-34)12-18(16)39-23(19)31-13-30-21/h11,13,15H,2-10,12H2,1H3,(H,33,36)(H,30,31,32)/t15-/m0/s1. The van der Waals surface area contributed by atoms with Crippen LogP contribution in [-0.4, -0.2) is 50.3 Å². The third kappa shape index (κ3) is 3.78. The predicted molar refractivity (Wildman–Crippen MR) is 142 cm³/mol. The molecule has 1 spiro atoms. The van der Waals surface area contributed by atoms with Crippen LogP contribution in [0.5, 0.6) is 0 Å². The second kappa shape index (κ2) is 8.54. The fourth-order valence-electron chi connectivity index (χ4n) is 6.57. The minimum Gasteiger partial charge on any atom is -0.342 e. The van der Waals surface area contributed by atoms with Crippen molar-refractivity contribution in [2.24, 2.45) is 5.92 Å². The van der Waals surface area contributed by atoms with Crippen molar-refractivity contribution in [1.82, 2.24) is 24.8 Å². The number of carbonyl (C=O) groups is 2. The van der Waals surface area contributed by atoms with Crippen LogP contribution in [-0.2, 0) is 23.3 Å². The van der Waals surface area contributed by atoms with Crippen LogP contribution in [0.4, 0.5) is 20.3 Å². The fourth-order valence-corrected chi connectivity index (χ4v) is 7.83. The van der Waals surface area contributed by atoms with Crippen LogP contribution in [0.2, 0.25) is 0 Å². The van der Waals surface area contributed by atoms with Gasteiger partial charge in [-0.2, -0.15) is 0 Å². The fraction of sp³-hybridized carbons (Fsp3) is 0.519. The van der Waals surface area contributed by atoms with Gasteiger partial charge in [0, 0.05) is 36.7 Å². The number of anilines is 2. The summed E-state index contributed by atoms with van der Waals surface area (Å²) in [6, 6.07) is 1.62. The van der Waals surface area contributed by atoms with Gasteiger partial charge in [-0.25, -0.2) is 18.7 Å². The molecule has 0 bridgehead atoms. The van der Waals surface area contributed by atoms with E-state index in [-0.39, 0.29) is 36.0 Å². The molecule has 0 unspecified atom stereocenters. The number of thiophene rings is 1. The molecule has 1 atom stereocenters. The lowest BCUT2D eigenvalue weighted by molar-refractivity contribution is -0.139. The van der Waals surface area contributed by atoms with E-state index in [2.05, 4.69) is 20.6 Å². The van der Waals surface area contributed by atoms with Gasteiger partial charge in [0.1, 0.15) is 34.0 Å². The van der Waals surface area contributed by atoms with Crippen molar-refractivity contribution < 1.29 is 18.4 Å². The van der Waals surface area contributed by atoms with E-state index in [1.165, 1.54) is 10.9 Å². The molecule has 3 aromatic rings. The van der Waals surface area contributed by atoms with E-state index in [1.807, 2.05) is 4.90 Å². The number of hydrogen-bond acceptors (Lipinski definition) is 7. The second-order valence-electron chi connectivity index (χ2n) is 11.2. The molecule has 5 heterocycles. The molecule has 2 fully saturated rings. The lowest BCUT2D eigenvalue weighted by Crippen LogP contribution is -2.51. The Balaban J connectivity index is 1.25. The van der Waals surface area contributed by atoms with Gasteiger partial charge in [-0.15, -0.1) is 11.3 Å². The maximum atomic E-state index is 14.0. The van der Waals surface area contributed by atoms with Crippen LogP contribution in [0.1, 0.15) is 65.0 Å². The van der Waals surface area contributed by atoms with Crippen molar-refractivity contribution in [3.05, 3.63) is 44.4 Å². The molecule has 9 nitrogen and oxygen atoms in total. The first-order chi connectivity index (χ1) is 18.7. The molecule has 0 radical (unpaired) electrons. The zero-order valence-electron chi connectivity index (χ0n) is 21.5. The van der Waals surface area contributed by atoms with Gasteiger partial charge in [0.15, 0.2) is 0 Å². The Hall–Kier alpha value is -3.41. The van der Waals surface area contributed by atoms with Crippen molar-refractivity contribution in [2.75, 3.05) is 18.4 Å². The molecule has 1 saturated heterocycles. The molecule has 204 valence electrons. The van der Waals surface area contributed by atoms with Crippen molar-refractivity contribution in [3.8, 4) is 0 Å². The summed E-state index contributed by atoms with van der Waals surface area (Å²) in [5, 5.41) is 6.90. The molecule has 39 heavy (non-hydrogen) atoms. The Morgan fingerprint density at radius 2 is 1.95 bits per heavy atom. The summed E-state index contributed by atoms with van der Waals surface area (Å²) in [6.45, 7) is 3.42. The summed E-state index contributed by atoms with van der Waals surface area (Å²) in [6.07, 6.45) is 3.83. The summed E-state index contributed by atoms with van der Waals surface area (Å²) in [5.74, 6) is -2.53. The highest BCUT2D eigenvalue weighted by atomic mass is 32.1. The highest BCUT2D eigenvalue weighted by Crippen LogP contribution is 2.44. The Bertz CT molecular complexity index is 1600. The number of aryl methyl sites for hydroxylation is 2. The third-order valence-corrected chi connectivity index (χ3v) is 9.97. The van der Waals surface area contributed by atoms with Crippen molar-refractivity contribution in [3.63, 3.8) is 0 Å². The number of aromatic nitrogens is 3. The zero-order valence-corrected chi connectivity index (χ0v) is 22.3. The van der Waals surface area contributed by atoms with Crippen molar-refractivity contribution in [1.29, 1.82) is 0 Å². The molecule has 0 aromatic carbocycles. The first kappa shape index (κ1) is 24.6. The van der Waals surface area contributed by atoms with Crippen LogP contribution >= 0.6 is 11.3 Å². The van der Waals surface area contributed by atoms with E-state index < -0.39 is 35.9 Å². The molecular weight excluding hydrogens is 526 g/mol. The van der Waals surface area contributed by atoms with Gasteiger partial charge in [-0.1, -0.05) is 0 Å². The number of pyridine rings is 1. The van der Waals surface area contributed by atoms with Crippen LogP contribution in [0, 0.1) is 12.8 Å². The molecule has 2 N–H and O–H groups in total. The summed E-state index contributed by atoms with van der Waals surface area (Å²) in [4.78, 5) is 52.3. The van der Waals surface area contributed by atoms with Gasteiger partial charge in [0.2, 0.25) is 11.8 Å². The number of nitrogens with one attached hydrogen (secondary N) is 2. The second-order valence-corrected chi connectivity index (χ2v) is 12.3. The number of halogens is 2. The predicted octanol–water partition coefficient (Wildman–Crippen LogP) is 3.85. The average Bonchev–Trinajstić information content (AvgIpc) is 3.38. The van der Waals surface area contributed by atoms with Crippen molar-refractivity contribution in [2.45, 2.75) is 69.9 Å². The number of carbonyl (C=O) groups excluding carboxylic acids is 2. The summed E-state index contributed by atoms with van der Waals surface area (Å²) < 4.78 is 29.4. The molecule has 4 aliphatic rings. The zero-order chi connectivity index (χ0) is 27.1. The van der Waals surface area contributed by atoms with Gasteiger partial charge < -0.3 is 15.5 Å². The molecular formula is C27H28F2N6O3S. The van der Waals surface area contributed by atoms with E-state index in [4.69, 9.17) is 0 Å². The molecule has 2 aliphatic heterocycles. The largest absolute Gasteiger partial charge is 0.342 e. The Labute approximate surface area is 226 Å². The average molecular weight is 555 g/mol. The van der Waals surface area contributed by atoms with E-state index in [0.717, 1.165) is 53.0 Å². The summed E-state index contributed by atoms with van der Waals surface area (Å²) in [7, 11) is 0. The quantitative estimate of drug-likeness (QED) is 0.509. The Morgan fingerprint density at radius 3 is 2.67 bits per heavy atom.